The van der Waals surface area contributed by atoms with Gasteiger partial charge in [0.25, 0.3) is 5.91 Å². The van der Waals surface area contributed by atoms with E-state index in [2.05, 4.69) is 17.2 Å². The fourth-order valence-electron chi connectivity index (χ4n) is 2.01. The molecule has 1 rings (SSSR count). The van der Waals surface area contributed by atoms with Gasteiger partial charge in [0.15, 0.2) is 0 Å². The number of carboxylic acid groups (broad SMARTS) is 1. The van der Waals surface area contributed by atoms with Crippen LogP contribution in [0.25, 0.3) is 0 Å². The van der Waals surface area contributed by atoms with E-state index in [9.17, 15) is 9.59 Å². The predicted octanol–water partition coefficient (Wildman–Crippen LogP) is 0.769. The van der Waals surface area contributed by atoms with Gasteiger partial charge in [-0.05, 0) is 31.6 Å². The molecule has 0 aromatic carbocycles. The van der Waals surface area contributed by atoms with Crippen molar-refractivity contribution in [2.24, 2.45) is 5.92 Å². The third-order valence-corrected chi connectivity index (χ3v) is 2.65. The SMILES string of the molecule is CC#CC(=O)NC1CCCC1CC(=O)O. The lowest BCUT2D eigenvalue weighted by molar-refractivity contribution is -0.138. The minimum absolute atomic E-state index is 0.0190. The van der Waals surface area contributed by atoms with Crippen molar-refractivity contribution in [2.45, 2.75) is 38.6 Å². The van der Waals surface area contributed by atoms with Gasteiger partial charge in [-0.3, -0.25) is 9.59 Å². The molecule has 82 valence electrons. The Morgan fingerprint density at radius 3 is 2.80 bits per heavy atom. The molecule has 0 spiro atoms. The highest BCUT2D eigenvalue weighted by Gasteiger charge is 2.29. The third kappa shape index (κ3) is 3.62. The Balaban J connectivity index is 2.48. The Kier molecular flexibility index (Phi) is 4.17. The van der Waals surface area contributed by atoms with Crippen LogP contribution in [0.5, 0.6) is 0 Å². The molecule has 0 radical (unpaired) electrons. The summed E-state index contributed by atoms with van der Waals surface area (Å²) in [6.45, 7) is 1.60. The lowest BCUT2D eigenvalue weighted by Gasteiger charge is -2.17. The molecule has 2 unspecified atom stereocenters. The predicted molar refractivity (Wildman–Crippen MR) is 55.0 cm³/mol. The topological polar surface area (TPSA) is 66.4 Å². The fourth-order valence-corrected chi connectivity index (χ4v) is 2.01. The van der Waals surface area contributed by atoms with Crippen LogP contribution < -0.4 is 5.32 Å². The van der Waals surface area contributed by atoms with E-state index in [0.29, 0.717) is 0 Å². The van der Waals surface area contributed by atoms with Gasteiger partial charge < -0.3 is 10.4 Å². The Hall–Kier alpha value is -1.50. The van der Waals surface area contributed by atoms with Crippen molar-refractivity contribution in [2.75, 3.05) is 0 Å². The van der Waals surface area contributed by atoms with Crippen molar-refractivity contribution in [1.82, 2.24) is 5.32 Å². The summed E-state index contributed by atoms with van der Waals surface area (Å²) in [6.07, 6.45) is 2.83. The van der Waals surface area contributed by atoms with Crippen LogP contribution in [0, 0.1) is 17.8 Å². The molecule has 4 heteroatoms. The molecule has 15 heavy (non-hydrogen) atoms. The van der Waals surface area contributed by atoms with Crippen molar-refractivity contribution in [3.63, 3.8) is 0 Å². The molecule has 1 aliphatic rings. The highest BCUT2D eigenvalue weighted by Crippen LogP contribution is 2.28. The van der Waals surface area contributed by atoms with Crippen LogP contribution in [0.4, 0.5) is 0 Å². The van der Waals surface area contributed by atoms with Gasteiger partial charge >= 0.3 is 5.97 Å². The first-order valence-electron chi connectivity index (χ1n) is 5.08. The lowest BCUT2D eigenvalue weighted by atomic mass is 10.00. The maximum absolute atomic E-state index is 11.2. The second-order valence-electron chi connectivity index (χ2n) is 3.74. The first-order chi connectivity index (χ1) is 7.13. The number of rotatable bonds is 3. The van der Waals surface area contributed by atoms with Gasteiger partial charge in [-0.15, -0.1) is 0 Å². The maximum atomic E-state index is 11.2. The number of nitrogens with one attached hydrogen (secondary N) is 1. The van der Waals surface area contributed by atoms with Gasteiger partial charge in [-0.25, -0.2) is 0 Å². The van der Waals surface area contributed by atoms with E-state index in [0.717, 1.165) is 19.3 Å². The van der Waals surface area contributed by atoms with Crippen molar-refractivity contribution < 1.29 is 14.7 Å². The van der Waals surface area contributed by atoms with E-state index < -0.39 is 5.97 Å². The van der Waals surface area contributed by atoms with Crippen LogP contribution in [0.2, 0.25) is 0 Å². The first-order valence-corrected chi connectivity index (χ1v) is 5.08. The molecule has 1 saturated carbocycles. The van der Waals surface area contributed by atoms with E-state index in [1.807, 2.05) is 0 Å². The minimum atomic E-state index is -0.803. The fraction of sp³-hybridized carbons (Fsp3) is 0.636. The molecule has 1 amide bonds. The molecule has 0 aromatic heterocycles. The summed E-state index contributed by atoms with van der Waals surface area (Å²) in [5.74, 6) is 3.87. The highest BCUT2D eigenvalue weighted by atomic mass is 16.4. The normalized spacial score (nSPS) is 24.1. The molecule has 1 aliphatic carbocycles. The minimum Gasteiger partial charge on any atom is -0.481 e. The van der Waals surface area contributed by atoms with Crippen molar-refractivity contribution >= 4 is 11.9 Å². The summed E-state index contributed by atoms with van der Waals surface area (Å²) >= 11 is 0. The summed E-state index contributed by atoms with van der Waals surface area (Å²) < 4.78 is 0. The quantitative estimate of drug-likeness (QED) is 0.675. The molecule has 4 nitrogen and oxygen atoms in total. The molecular weight excluding hydrogens is 194 g/mol. The summed E-state index contributed by atoms with van der Waals surface area (Å²) in [5, 5.41) is 11.4. The Morgan fingerprint density at radius 2 is 2.20 bits per heavy atom. The number of carboxylic acids is 1. The highest BCUT2D eigenvalue weighted by molar-refractivity contribution is 5.93. The molecule has 2 N–H and O–H groups in total. The zero-order chi connectivity index (χ0) is 11.3. The molecule has 0 bridgehead atoms. The van der Waals surface area contributed by atoms with Crippen LogP contribution in [0.1, 0.15) is 32.6 Å². The second-order valence-corrected chi connectivity index (χ2v) is 3.74. The molecule has 0 aromatic rings. The first kappa shape index (κ1) is 11.6. The number of carbonyl (C=O) groups excluding carboxylic acids is 1. The van der Waals surface area contributed by atoms with Crippen molar-refractivity contribution in [1.29, 1.82) is 0 Å². The molecular formula is C11H15NO3. The van der Waals surface area contributed by atoms with Crippen LogP contribution in [-0.4, -0.2) is 23.0 Å². The van der Waals surface area contributed by atoms with Crippen molar-refractivity contribution in [3.05, 3.63) is 0 Å². The zero-order valence-corrected chi connectivity index (χ0v) is 8.75. The smallest absolute Gasteiger partial charge is 0.303 e. The van der Waals surface area contributed by atoms with Crippen molar-refractivity contribution in [3.8, 4) is 11.8 Å². The number of hydrogen-bond acceptors (Lipinski definition) is 2. The van der Waals surface area contributed by atoms with E-state index >= 15 is 0 Å². The monoisotopic (exact) mass is 209 g/mol. The van der Waals surface area contributed by atoms with Gasteiger partial charge in [0.1, 0.15) is 0 Å². The lowest BCUT2D eigenvalue weighted by Crippen LogP contribution is -2.37. The Morgan fingerprint density at radius 1 is 1.47 bits per heavy atom. The van der Waals surface area contributed by atoms with E-state index in [1.165, 1.54) is 0 Å². The van der Waals surface area contributed by atoms with Gasteiger partial charge in [-0.2, -0.15) is 0 Å². The Labute approximate surface area is 89.0 Å². The third-order valence-electron chi connectivity index (χ3n) is 2.65. The van der Waals surface area contributed by atoms with Crippen LogP contribution >= 0.6 is 0 Å². The van der Waals surface area contributed by atoms with E-state index in [4.69, 9.17) is 5.11 Å². The number of hydrogen-bond donors (Lipinski definition) is 2. The number of carbonyl (C=O) groups is 2. The average molecular weight is 209 g/mol. The van der Waals surface area contributed by atoms with Crippen LogP contribution in [0.3, 0.4) is 0 Å². The van der Waals surface area contributed by atoms with Gasteiger partial charge in [0.05, 0.1) is 6.42 Å². The van der Waals surface area contributed by atoms with Crippen LogP contribution in [-0.2, 0) is 9.59 Å². The average Bonchev–Trinajstić information content (AvgIpc) is 2.52. The number of amides is 1. The molecule has 0 heterocycles. The summed E-state index contributed by atoms with van der Waals surface area (Å²) in [6, 6.07) is -0.0190. The molecule has 2 atom stereocenters. The molecule has 0 saturated heterocycles. The number of aliphatic carboxylic acids is 1. The summed E-state index contributed by atoms with van der Waals surface area (Å²) in [4.78, 5) is 21.8. The largest absolute Gasteiger partial charge is 0.481 e. The zero-order valence-electron chi connectivity index (χ0n) is 8.75. The van der Waals surface area contributed by atoms with E-state index in [-0.39, 0.29) is 24.3 Å². The van der Waals surface area contributed by atoms with Gasteiger partial charge in [-0.1, -0.05) is 12.3 Å². The summed E-state index contributed by atoms with van der Waals surface area (Å²) in [5.41, 5.74) is 0. The van der Waals surface area contributed by atoms with Crippen LogP contribution in [0.15, 0.2) is 0 Å². The Bertz CT molecular complexity index is 314. The standard InChI is InChI=1S/C11H15NO3/c1-2-4-10(13)12-9-6-3-5-8(9)7-11(14)15/h8-9H,3,5-7H2,1H3,(H,12,13)(H,14,15). The van der Waals surface area contributed by atoms with E-state index in [1.54, 1.807) is 6.92 Å². The van der Waals surface area contributed by atoms with Gasteiger partial charge in [0, 0.05) is 6.04 Å². The molecule has 1 fully saturated rings. The second kappa shape index (κ2) is 5.40. The maximum Gasteiger partial charge on any atom is 0.303 e. The molecule has 0 aliphatic heterocycles. The summed E-state index contributed by atoms with van der Waals surface area (Å²) in [7, 11) is 0. The van der Waals surface area contributed by atoms with Gasteiger partial charge in [0.2, 0.25) is 0 Å².